The van der Waals surface area contributed by atoms with E-state index < -0.39 is 11.2 Å². The largest absolute Gasteiger partial charge is 0.443 e. The molecule has 4 aliphatic rings. The van der Waals surface area contributed by atoms with E-state index in [0.717, 1.165) is 19.5 Å². The van der Waals surface area contributed by atoms with E-state index in [1.54, 1.807) is 4.90 Å². The molecule has 0 bridgehead atoms. The second kappa shape index (κ2) is 5.82. The lowest BCUT2D eigenvalue weighted by Crippen LogP contribution is -2.76. The molecule has 0 saturated carbocycles. The van der Waals surface area contributed by atoms with Crippen LogP contribution >= 0.6 is 11.3 Å². The Morgan fingerprint density at radius 1 is 1.18 bits per heavy atom. The number of carbonyl (C=O) groups is 2. The Hall–Kier alpha value is -1.88. The van der Waals surface area contributed by atoms with Crippen molar-refractivity contribution in [3.63, 3.8) is 0 Å². The maximum absolute atomic E-state index is 12.6. The van der Waals surface area contributed by atoms with Gasteiger partial charge in [-0.05, 0) is 6.42 Å². The van der Waals surface area contributed by atoms with Gasteiger partial charge in [0.05, 0.1) is 5.54 Å². The van der Waals surface area contributed by atoms with E-state index in [9.17, 15) is 22.8 Å². The van der Waals surface area contributed by atoms with Gasteiger partial charge in [-0.1, -0.05) is 0 Å². The average molecular weight is 415 g/mol. The first kappa shape index (κ1) is 18.2. The highest BCUT2D eigenvalue weighted by molar-refractivity contribution is 7.11. The number of carbonyl (C=O) groups excluding carboxylic acids is 2. The van der Waals surface area contributed by atoms with Crippen molar-refractivity contribution in [3.05, 3.63) is 16.1 Å². The number of hydrogen-bond acceptors (Lipinski definition) is 5. The quantitative estimate of drug-likeness (QED) is 0.792. The van der Waals surface area contributed by atoms with Gasteiger partial charge in [0.15, 0.2) is 5.01 Å². The number of halogens is 3. The third kappa shape index (κ3) is 2.95. The lowest BCUT2D eigenvalue weighted by Gasteiger charge is -2.61. The number of urea groups is 1. The normalized spacial score (nSPS) is 25.5. The van der Waals surface area contributed by atoms with Crippen LogP contribution in [0.3, 0.4) is 0 Å². The van der Waals surface area contributed by atoms with Crippen molar-refractivity contribution in [2.45, 2.75) is 31.1 Å². The van der Waals surface area contributed by atoms with Crippen molar-refractivity contribution in [2.75, 3.05) is 39.3 Å². The number of amides is 3. The summed E-state index contributed by atoms with van der Waals surface area (Å²) >= 11 is 0.693. The summed E-state index contributed by atoms with van der Waals surface area (Å²) < 4.78 is 37.9. The molecule has 5 rings (SSSR count). The average Bonchev–Trinajstić information content (AvgIpc) is 3.12. The van der Waals surface area contributed by atoms with Crippen LogP contribution in [-0.4, -0.2) is 76.4 Å². The molecule has 152 valence electrons. The van der Waals surface area contributed by atoms with E-state index in [1.807, 2.05) is 4.90 Å². The van der Waals surface area contributed by atoms with Gasteiger partial charge in [-0.25, -0.2) is 9.78 Å². The Labute approximate surface area is 163 Å². The Kier molecular flexibility index (Phi) is 3.77. The van der Waals surface area contributed by atoms with Crippen LogP contribution in [0, 0.1) is 5.41 Å². The number of likely N-dealkylation sites (tertiary alicyclic amines) is 3. The van der Waals surface area contributed by atoms with Crippen LogP contribution in [0.4, 0.5) is 18.0 Å². The summed E-state index contributed by atoms with van der Waals surface area (Å²) in [4.78, 5) is 33.7. The molecule has 11 heteroatoms. The summed E-state index contributed by atoms with van der Waals surface area (Å²) in [6.45, 7) is 4.59. The first-order chi connectivity index (χ1) is 13.2. The molecule has 1 aromatic heterocycles. The maximum atomic E-state index is 12.6. The number of rotatable bonds is 2. The van der Waals surface area contributed by atoms with Crippen molar-refractivity contribution in [2.24, 2.45) is 5.41 Å². The van der Waals surface area contributed by atoms with Gasteiger partial charge in [0.1, 0.15) is 0 Å². The van der Waals surface area contributed by atoms with Crippen LogP contribution in [0.2, 0.25) is 0 Å². The maximum Gasteiger partial charge on any atom is 0.443 e. The predicted molar refractivity (Wildman–Crippen MR) is 93.5 cm³/mol. The third-order valence-corrected chi connectivity index (χ3v) is 7.14. The molecule has 2 spiro atoms. The summed E-state index contributed by atoms with van der Waals surface area (Å²) in [6, 6.07) is 0.0214. The zero-order valence-electron chi connectivity index (χ0n) is 15.1. The van der Waals surface area contributed by atoms with Gasteiger partial charge in [-0.2, -0.15) is 13.2 Å². The Morgan fingerprint density at radius 3 is 2.43 bits per heavy atom. The number of aromatic nitrogens is 1. The van der Waals surface area contributed by atoms with Crippen LogP contribution in [0.1, 0.15) is 22.7 Å². The van der Waals surface area contributed by atoms with Crippen LogP contribution in [0.5, 0.6) is 0 Å². The highest BCUT2D eigenvalue weighted by Gasteiger charge is 2.56. The van der Waals surface area contributed by atoms with Crippen molar-refractivity contribution in [3.8, 4) is 0 Å². The second-order valence-corrected chi connectivity index (χ2v) is 9.71. The smallest absolute Gasteiger partial charge is 0.347 e. The molecular formula is C17H20F3N5O2S. The minimum Gasteiger partial charge on any atom is -0.347 e. The molecule has 5 heterocycles. The van der Waals surface area contributed by atoms with E-state index in [-0.39, 0.29) is 22.9 Å². The summed E-state index contributed by atoms with van der Waals surface area (Å²) in [7, 11) is 0. The second-order valence-electron chi connectivity index (χ2n) is 8.60. The molecule has 4 saturated heterocycles. The van der Waals surface area contributed by atoms with Crippen molar-refractivity contribution >= 4 is 23.3 Å². The van der Waals surface area contributed by atoms with Crippen molar-refractivity contribution in [1.82, 2.24) is 25.0 Å². The van der Waals surface area contributed by atoms with E-state index in [0.29, 0.717) is 55.4 Å². The molecule has 7 nitrogen and oxygen atoms in total. The number of thiazole rings is 1. The first-order valence-electron chi connectivity index (χ1n) is 9.25. The fourth-order valence-corrected chi connectivity index (χ4v) is 5.70. The predicted octanol–water partition coefficient (Wildman–Crippen LogP) is 1.36. The summed E-state index contributed by atoms with van der Waals surface area (Å²) in [5.41, 5.74) is -0.121. The highest BCUT2D eigenvalue weighted by Crippen LogP contribution is 2.42. The van der Waals surface area contributed by atoms with Crippen LogP contribution in [0.15, 0.2) is 6.20 Å². The Balaban J connectivity index is 1.07. The van der Waals surface area contributed by atoms with E-state index in [2.05, 4.69) is 15.2 Å². The minimum atomic E-state index is -4.38. The van der Waals surface area contributed by atoms with Crippen molar-refractivity contribution in [1.29, 1.82) is 0 Å². The molecular weight excluding hydrogens is 395 g/mol. The van der Waals surface area contributed by atoms with Gasteiger partial charge in [-0.3, -0.25) is 9.69 Å². The fraction of sp³-hybridized carbons (Fsp3) is 0.706. The number of alkyl halides is 3. The van der Waals surface area contributed by atoms with Gasteiger partial charge in [0, 0.05) is 68.7 Å². The zero-order chi connectivity index (χ0) is 19.7. The van der Waals surface area contributed by atoms with E-state index in [1.165, 1.54) is 6.20 Å². The molecule has 0 aliphatic carbocycles. The molecule has 3 amide bonds. The molecule has 1 aromatic rings. The number of nitrogens with zero attached hydrogens (tertiary/aromatic N) is 4. The van der Waals surface area contributed by atoms with Gasteiger partial charge in [-0.15, -0.1) is 11.3 Å². The fourth-order valence-electron chi connectivity index (χ4n) is 4.88. The van der Waals surface area contributed by atoms with Gasteiger partial charge in [0.2, 0.25) is 5.91 Å². The molecule has 4 aliphatic heterocycles. The van der Waals surface area contributed by atoms with Crippen LogP contribution < -0.4 is 5.32 Å². The van der Waals surface area contributed by atoms with Gasteiger partial charge < -0.3 is 15.1 Å². The minimum absolute atomic E-state index is 0.0214. The lowest BCUT2D eigenvalue weighted by atomic mass is 9.73. The van der Waals surface area contributed by atoms with Crippen LogP contribution in [0.25, 0.3) is 0 Å². The Morgan fingerprint density at radius 2 is 1.86 bits per heavy atom. The third-order valence-electron chi connectivity index (χ3n) is 6.11. The van der Waals surface area contributed by atoms with Gasteiger partial charge in [0.25, 0.3) is 0 Å². The topological polar surface area (TPSA) is 68.8 Å². The van der Waals surface area contributed by atoms with Gasteiger partial charge >= 0.3 is 12.2 Å². The molecule has 0 unspecified atom stereocenters. The standard InChI is InChI=1S/C17H20F3N5O2S/c18-17(19,20)13-21-3-11(28-13)4-23-5-15(6-23)7-24(8-15)14(27)25-9-16(10-25)2-1-12(26)22-16/h3H,1-2,4-10H2,(H,22,26). The Bertz CT molecular complexity index is 821. The van der Waals surface area contributed by atoms with E-state index >= 15 is 0 Å². The number of hydrogen-bond donors (Lipinski definition) is 1. The SMILES string of the molecule is O=C1CCC2(CN(C(=O)N3CC4(CN(Cc5cnc(C(F)(F)F)s5)C4)C3)C2)N1. The molecule has 0 atom stereocenters. The lowest BCUT2D eigenvalue weighted by molar-refractivity contribution is -0.137. The van der Waals surface area contributed by atoms with Crippen LogP contribution in [-0.2, 0) is 17.5 Å². The summed E-state index contributed by atoms with van der Waals surface area (Å²) in [5, 5.41) is 2.17. The molecule has 1 N–H and O–H groups in total. The first-order valence-corrected chi connectivity index (χ1v) is 10.1. The molecule has 0 radical (unpaired) electrons. The highest BCUT2D eigenvalue weighted by atomic mass is 32.1. The van der Waals surface area contributed by atoms with E-state index in [4.69, 9.17) is 0 Å². The number of nitrogens with one attached hydrogen (secondary N) is 1. The molecule has 0 aromatic carbocycles. The molecule has 28 heavy (non-hydrogen) atoms. The monoisotopic (exact) mass is 415 g/mol. The van der Waals surface area contributed by atoms with Crippen molar-refractivity contribution < 1.29 is 22.8 Å². The summed E-state index contributed by atoms with van der Waals surface area (Å²) in [6.07, 6.45) is -1.75. The summed E-state index contributed by atoms with van der Waals surface area (Å²) in [5.74, 6) is 0.0628. The molecule has 4 fully saturated rings. The zero-order valence-corrected chi connectivity index (χ0v) is 15.9.